The van der Waals surface area contributed by atoms with Crippen LogP contribution in [0.3, 0.4) is 0 Å². The summed E-state index contributed by atoms with van der Waals surface area (Å²) < 4.78 is 1.18. The summed E-state index contributed by atoms with van der Waals surface area (Å²) in [4.78, 5) is 2.46. The molecule has 0 spiro atoms. The highest BCUT2D eigenvalue weighted by atomic mass is 79.9. The van der Waals surface area contributed by atoms with Crippen LogP contribution < -0.4 is 5.32 Å². The number of hydrogen-bond acceptors (Lipinski definition) is 2. The monoisotopic (exact) mass is 310 g/mol. The van der Waals surface area contributed by atoms with Crippen LogP contribution in [0.2, 0.25) is 0 Å². The zero-order valence-electron chi connectivity index (χ0n) is 11.2. The Kier molecular flexibility index (Phi) is 5.67. The van der Waals surface area contributed by atoms with Crippen molar-refractivity contribution in [2.45, 2.75) is 19.3 Å². The summed E-state index contributed by atoms with van der Waals surface area (Å²) in [5.74, 6) is 0.901. The molecule has 1 atom stereocenters. The Labute approximate surface area is 119 Å². The lowest BCUT2D eigenvalue weighted by Crippen LogP contribution is -2.24. The fourth-order valence-corrected chi connectivity index (χ4v) is 2.93. The first kappa shape index (κ1) is 14.0. The largest absolute Gasteiger partial charge is 0.316 e. The van der Waals surface area contributed by atoms with Gasteiger partial charge in [0.25, 0.3) is 0 Å². The average Bonchev–Trinajstić information content (AvgIpc) is 2.87. The number of nitrogens with zero attached hydrogens (tertiary/aromatic N) is 1. The second-order valence-corrected chi connectivity index (χ2v) is 6.25. The molecule has 0 saturated carbocycles. The first-order valence-corrected chi connectivity index (χ1v) is 7.67. The first-order chi connectivity index (χ1) is 8.74. The predicted molar refractivity (Wildman–Crippen MR) is 80.9 cm³/mol. The van der Waals surface area contributed by atoms with E-state index in [1.807, 2.05) is 0 Å². The standard InChI is InChI=1S/C15H23BrN2/c1-18(10-7-14-5-8-17-12-14)9-6-13-3-2-4-15(16)11-13/h2-4,11,14,17H,5-10,12H2,1H3. The molecular formula is C15H23BrN2. The normalized spacial score (nSPS) is 19.6. The van der Waals surface area contributed by atoms with Crippen LogP contribution >= 0.6 is 15.9 Å². The van der Waals surface area contributed by atoms with Gasteiger partial charge in [0, 0.05) is 11.0 Å². The highest BCUT2D eigenvalue weighted by Gasteiger charge is 2.14. The Hall–Kier alpha value is -0.380. The van der Waals surface area contributed by atoms with Crippen LogP contribution in [0.4, 0.5) is 0 Å². The minimum Gasteiger partial charge on any atom is -0.316 e. The number of hydrogen-bond donors (Lipinski definition) is 1. The lowest BCUT2D eigenvalue weighted by Gasteiger charge is -2.18. The molecule has 1 heterocycles. The second-order valence-electron chi connectivity index (χ2n) is 5.33. The molecule has 0 aliphatic carbocycles. The highest BCUT2D eigenvalue weighted by Crippen LogP contribution is 2.14. The van der Waals surface area contributed by atoms with Gasteiger partial charge in [0.1, 0.15) is 0 Å². The lowest BCUT2D eigenvalue weighted by molar-refractivity contribution is 0.308. The Morgan fingerprint density at radius 1 is 1.39 bits per heavy atom. The molecule has 1 N–H and O–H groups in total. The van der Waals surface area contributed by atoms with E-state index in [1.54, 1.807) is 0 Å². The summed E-state index contributed by atoms with van der Waals surface area (Å²) in [7, 11) is 2.24. The van der Waals surface area contributed by atoms with E-state index in [1.165, 1.54) is 42.5 Å². The van der Waals surface area contributed by atoms with Crippen molar-refractivity contribution in [2.75, 3.05) is 33.2 Å². The van der Waals surface area contributed by atoms with E-state index >= 15 is 0 Å². The quantitative estimate of drug-likeness (QED) is 0.869. The molecule has 1 unspecified atom stereocenters. The minimum atomic E-state index is 0.901. The highest BCUT2D eigenvalue weighted by molar-refractivity contribution is 9.10. The summed E-state index contributed by atoms with van der Waals surface area (Å²) >= 11 is 3.52. The van der Waals surface area contributed by atoms with Gasteiger partial charge in [0.05, 0.1) is 0 Å². The average molecular weight is 311 g/mol. The fourth-order valence-electron chi connectivity index (χ4n) is 2.49. The van der Waals surface area contributed by atoms with Crippen LogP contribution in [0.15, 0.2) is 28.7 Å². The van der Waals surface area contributed by atoms with Gasteiger partial charge in [-0.15, -0.1) is 0 Å². The third-order valence-electron chi connectivity index (χ3n) is 3.75. The summed E-state index contributed by atoms with van der Waals surface area (Å²) in [6.07, 6.45) is 3.83. The number of likely N-dealkylation sites (N-methyl/N-ethyl adjacent to an activating group) is 1. The van der Waals surface area contributed by atoms with Crippen molar-refractivity contribution in [1.82, 2.24) is 10.2 Å². The molecule has 1 fully saturated rings. The molecule has 0 amide bonds. The van der Waals surface area contributed by atoms with Crippen molar-refractivity contribution < 1.29 is 0 Å². The zero-order valence-corrected chi connectivity index (χ0v) is 12.7. The molecule has 1 aliphatic heterocycles. The van der Waals surface area contributed by atoms with E-state index in [0.29, 0.717) is 0 Å². The molecular weight excluding hydrogens is 288 g/mol. The van der Waals surface area contributed by atoms with E-state index in [4.69, 9.17) is 0 Å². The van der Waals surface area contributed by atoms with Crippen LogP contribution in [0, 0.1) is 5.92 Å². The molecule has 0 radical (unpaired) electrons. The minimum absolute atomic E-state index is 0.901. The molecule has 3 heteroatoms. The number of rotatable bonds is 6. The van der Waals surface area contributed by atoms with E-state index in [0.717, 1.165) is 18.9 Å². The van der Waals surface area contributed by atoms with E-state index in [-0.39, 0.29) is 0 Å². The second kappa shape index (κ2) is 7.27. The molecule has 100 valence electrons. The van der Waals surface area contributed by atoms with Gasteiger partial charge in [-0.3, -0.25) is 0 Å². The Bertz CT molecular complexity index is 361. The SMILES string of the molecule is CN(CCc1cccc(Br)c1)CCC1CCNC1. The molecule has 2 nitrogen and oxygen atoms in total. The maximum absolute atomic E-state index is 3.52. The third kappa shape index (κ3) is 4.71. The zero-order chi connectivity index (χ0) is 12.8. The van der Waals surface area contributed by atoms with Crippen molar-refractivity contribution in [3.63, 3.8) is 0 Å². The van der Waals surface area contributed by atoms with Gasteiger partial charge < -0.3 is 10.2 Å². The smallest absolute Gasteiger partial charge is 0.0178 e. The van der Waals surface area contributed by atoms with Crippen LogP contribution in [-0.2, 0) is 6.42 Å². The maximum Gasteiger partial charge on any atom is 0.0178 e. The van der Waals surface area contributed by atoms with Crippen LogP contribution in [-0.4, -0.2) is 38.1 Å². The molecule has 1 aliphatic rings. The van der Waals surface area contributed by atoms with Crippen LogP contribution in [0.25, 0.3) is 0 Å². The van der Waals surface area contributed by atoms with Gasteiger partial charge in [-0.05, 0) is 69.6 Å². The molecule has 18 heavy (non-hydrogen) atoms. The van der Waals surface area contributed by atoms with Gasteiger partial charge in [-0.2, -0.15) is 0 Å². The Morgan fingerprint density at radius 3 is 3.00 bits per heavy atom. The summed E-state index contributed by atoms with van der Waals surface area (Å²) in [5, 5.41) is 3.44. The van der Waals surface area contributed by atoms with Crippen molar-refractivity contribution in [2.24, 2.45) is 5.92 Å². The Balaban J connectivity index is 1.66. The molecule has 1 aromatic rings. The Morgan fingerprint density at radius 2 is 2.28 bits per heavy atom. The lowest BCUT2D eigenvalue weighted by atomic mass is 10.0. The van der Waals surface area contributed by atoms with E-state index in [9.17, 15) is 0 Å². The van der Waals surface area contributed by atoms with Crippen molar-refractivity contribution >= 4 is 15.9 Å². The number of halogens is 1. The van der Waals surface area contributed by atoms with E-state index < -0.39 is 0 Å². The van der Waals surface area contributed by atoms with Crippen molar-refractivity contribution in [3.8, 4) is 0 Å². The van der Waals surface area contributed by atoms with Crippen molar-refractivity contribution in [1.29, 1.82) is 0 Å². The fraction of sp³-hybridized carbons (Fsp3) is 0.600. The molecule has 0 aromatic heterocycles. The van der Waals surface area contributed by atoms with Gasteiger partial charge in [0.2, 0.25) is 0 Å². The van der Waals surface area contributed by atoms with Crippen LogP contribution in [0.1, 0.15) is 18.4 Å². The first-order valence-electron chi connectivity index (χ1n) is 6.88. The molecule has 0 bridgehead atoms. The predicted octanol–water partition coefficient (Wildman–Crippen LogP) is 2.92. The van der Waals surface area contributed by atoms with Gasteiger partial charge in [-0.1, -0.05) is 28.1 Å². The van der Waals surface area contributed by atoms with Crippen molar-refractivity contribution in [3.05, 3.63) is 34.3 Å². The molecule has 1 saturated heterocycles. The molecule has 1 aromatic carbocycles. The number of nitrogens with one attached hydrogen (secondary N) is 1. The van der Waals surface area contributed by atoms with Gasteiger partial charge in [0.15, 0.2) is 0 Å². The summed E-state index contributed by atoms with van der Waals surface area (Å²) in [6.45, 7) is 4.81. The summed E-state index contributed by atoms with van der Waals surface area (Å²) in [6, 6.07) is 8.62. The maximum atomic E-state index is 3.52. The third-order valence-corrected chi connectivity index (χ3v) is 4.25. The van der Waals surface area contributed by atoms with Crippen LogP contribution in [0.5, 0.6) is 0 Å². The molecule has 2 rings (SSSR count). The summed E-state index contributed by atoms with van der Waals surface area (Å²) in [5.41, 5.74) is 1.42. The van der Waals surface area contributed by atoms with Gasteiger partial charge >= 0.3 is 0 Å². The number of benzene rings is 1. The van der Waals surface area contributed by atoms with E-state index in [2.05, 4.69) is 57.5 Å². The topological polar surface area (TPSA) is 15.3 Å². The van der Waals surface area contributed by atoms with Gasteiger partial charge in [-0.25, -0.2) is 0 Å².